The highest BCUT2D eigenvalue weighted by atomic mass is 32.1. The Kier molecular flexibility index (Phi) is 4.11. The summed E-state index contributed by atoms with van der Waals surface area (Å²) in [5, 5.41) is 6.23. The largest absolute Gasteiger partial charge is 0.439 e. The molecule has 4 amide bonds. The Morgan fingerprint density at radius 2 is 2.26 bits per heavy atom. The Balaban J connectivity index is 1.52. The highest BCUT2D eigenvalue weighted by molar-refractivity contribution is 7.18. The number of urea groups is 1. The molecular formula is C14H14N4O4S. The lowest BCUT2D eigenvalue weighted by molar-refractivity contribution is -0.125. The van der Waals surface area contributed by atoms with E-state index < -0.39 is 18.0 Å². The van der Waals surface area contributed by atoms with Crippen molar-refractivity contribution in [3.05, 3.63) is 23.2 Å². The Labute approximate surface area is 135 Å². The van der Waals surface area contributed by atoms with E-state index in [1.54, 1.807) is 23.5 Å². The van der Waals surface area contributed by atoms with E-state index in [0.29, 0.717) is 5.69 Å². The van der Waals surface area contributed by atoms with Crippen molar-refractivity contribution in [1.29, 1.82) is 0 Å². The van der Waals surface area contributed by atoms with E-state index in [2.05, 4.69) is 20.4 Å². The van der Waals surface area contributed by atoms with Gasteiger partial charge in [0.15, 0.2) is 6.61 Å². The number of benzene rings is 1. The summed E-state index contributed by atoms with van der Waals surface area (Å²) in [6, 6.07) is 5.06. The van der Waals surface area contributed by atoms with Crippen LogP contribution in [-0.2, 0) is 9.53 Å². The van der Waals surface area contributed by atoms with Gasteiger partial charge in [-0.3, -0.25) is 4.79 Å². The third kappa shape index (κ3) is 3.39. The molecule has 0 bridgehead atoms. The average Bonchev–Trinajstić information content (AvgIpc) is 3.02. The second kappa shape index (κ2) is 6.21. The Hall–Kier alpha value is -2.68. The second-order valence-corrected chi connectivity index (χ2v) is 6.13. The number of anilines is 1. The van der Waals surface area contributed by atoms with Crippen molar-refractivity contribution in [2.45, 2.75) is 6.92 Å². The molecule has 23 heavy (non-hydrogen) atoms. The van der Waals surface area contributed by atoms with Crippen molar-refractivity contribution in [3.8, 4) is 0 Å². The third-order valence-electron chi connectivity index (χ3n) is 3.21. The summed E-state index contributed by atoms with van der Waals surface area (Å²) in [5.74, 6) is -0.401. The van der Waals surface area contributed by atoms with Crippen LogP contribution in [0.2, 0.25) is 0 Å². The SMILES string of the molecule is Cc1nc2cc(NC(=O)NCCN3C(=O)COC3=O)ccc2s1. The maximum atomic E-state index is 11.8. The fourth-order valence-corrected chi connectivity index (χ4v) is 2.98. The number of imide groups is 1. The molecule has 8 nitrogen and oxygen atoms in total. The minimum absolute atomic E-state index is 0.0788. The molecule has 9 heteroatoms. The maximum absolute atomic E-state index is 11.8. The summed E-state index contributed by atoms with van der Waals surface area (Å²) in [5.41, 5.74) is 1.45. The standard InChI is InChI=1S/C14H14N4O4S/c1-8-16-10-6-9(2-3-11(10)23-8)17-13(20)15-4-5-18-12(19)7-22-14(18)21/h2-3,6H,4-5,7H2,1H3,(H2,15,17,20). The van der Waals surface area contributed by atoms with Crippen molar-refractivity contribution >= 4 is 45.3 Å². The monoisotopic (exact) mass is 334 g/mol. The van der Waals surface area contributed by atoms with Crippen LogP contribution in [0.3, 0.4) is 0 Å². The summed E-state index contributed by atoms with van der Waals surface area (Å²) in [6.07, 6.45) is -0.679. The Morgan fingerprint density at radius 3 is 3.00 bits per heavy atom. The van der Waals surface area contributed by atoms with E-state index in [9.17, 15) is 14.4 Å². The number of nitrogens with one attached hydrogen (secondary N) is 2. The van der Waals surface area contributed by atoms with Crippen LogP contribution in [0.5, 0.6) is 0 Å². The van der Waals surface area contributed by atoms with E-state index >= 15 is 0 Å². The zero-order valence-corrected chi connectivity index (χ0v) is 13.1. The van der Waals surface area contributed by atoms with Crippen molar-refractivity contribution in [1.82, 2.24) is 15.2 Å². The van der Waals surface area contributed by atoms with Crippen LogP contribution in [0.1, 0.15) is 5.01 Å². The quantitative estimate of drug-likeness (QED) is 0.886. The summed E-state index contributed by atoms with van der Waals surface area (Å²) < 4.78 is 5.63. The summed E-state index contributed by atoms with van der Waals surface area (Å²) in [7, 11) is 0. The molecular weight excluding hydrogens is 320 g/mol. The lowest BCUT2D eigenvalue weighted by Gasteiger charge is -2.12. The average molecular weight is 334 g/mol. The molecule has 0 aliphatic carbocycles. The number of aromatic nitrogens is 1. The Bertz CT molecular complexity index is 772. The number of fused-ring (bicyclic) bond motifs is 1. The van der Waals surface area contributed by atoms with E-state index in [1.807, 2.05) is 13.0 Å². The van der Waals surface area contributed by atoms with E-state index in [4.69, 9.17) is 0 Å². The Morgan fingerprint density at radius 1 is 1.43 bits per heavy atom. The van der Waals surface area contributed by atoms with Crippen LogP contribution in [0.25, 0.3) is 10.2 Å². The fourth-order valence-electron chi connectivity index (χ4n) is 2.17. The van der Waals surface area contributed by atoms with Crippen LogP contribution >= 0.6 is 11.3 Å². The molecule has 2 heterocycles. The number of hydrogen-bond donors (Lipinski definition) is 2. The van der Waals surface area contributed by atoms with Crippen molar-refractivity contribution < 1.29 is 19.1 Å². The van der Waals surface area contributed by atoms with Crippen LogP contribution in [-0.4, -0.2) is 47.6 Å². The number of hydrogen-bond acceptors (Lipinski definition) is 6. The van der Waals surface area contributed by atoms with Crippen molar-refractivity contribution in [2.75, 3.05) is 25.0 Å². The molecule has 0 unspecified atom stereocenters. The van der Waals surface area contributed by atoms with Crippen molar-refractivity contribution in [2.24, 2.45) is 0 Å². The molecule has 2 aromatic rings. The summed E-state index contributed by atoms with van der Waals surface area (Å²) in [6.45, 7) is 1.91. The molecule has 0 saturated carbocycles. The molecule has 0 atom stereocenters. The molecule has 2 N–H and O–H groups in total. The zero-order valence-electron chi connectivity index (χ0n) is 12.3. The van der Waals surface area contributed by atoms with Gasteiger partial charge in [0.1, 0.15) is 0 Å². The van der Waals surface area contributed by atoms with Crippen LogP contribution in [0, 0.1) is 6.92 Å². The lowest BCUT2D eigenvalue weighted by Crippen LogP contribution is -2.39. The molecule has 1 aromatic carbocycles. The van der Waals surface area contributed by atoms with Gasteiger partial charge in [-0.05, 0) is 25.1 Å². The first kappa shape index (κ1) is 15.2. The number of amides is 4. The number of cyclic esters (lactones) is 1. The number of carbonyl (C=O) groups excluding carboxylic acids is 3. The third-order valence-corrected chi connectivity index (χ3v) is 4.17. The van der Waals surface area contributed by atoms with Gasteiger partial charge in [0, 0.05) is 18.8 Å². The van der Waals surface area contributed by atoms with Crippen molar-refractivity contribution in [3.63, 3.8) is 0 Å². The second-order valence-electron chi connectivity index (χ2n) is 4.90. The minimum atomic E-state index is -0.679. The highest BCUT2D eigenvalue weighted by Gasteiger charge is 2.30. The van der Waals surface area contributed by atoms with Gasteiger partial charge in [0.2, 0.25) is 0 Å². The van der Waals surface area contributed by atoms with E-state index in [-0.39, 0.29) is 19.7 Å². The van der Waals surface area contributed by atoms with E-state index in [1.165, 1.54) is 0 Å². The number of aryl methyl sites for hydroxylation is 1. The number of ether oxygens (including phenoxy) is 1. The van der Waals surface area contributed by atoms with Gasteiger partial charge in [-0.2, -0.15) is 0 Å². The topological polar surface area (TPSA) is 101 Å². The predicted molar refractivity (Wildman–Crippen MR) is 84.4 cm³/mol. The number of rotatable bonds is 4. The molecule has 120 valence electrons. The number of nitrogens with zero attached hydrogens (tertiary/aromatic N) is 2. The van der Waals surface area contributed by atoms with Crippen LogP contribution < -0.4 is 10.6 Å². The van der Waals surface area contributed by atoms with Crippen LogP contribution in [0.4, 0.5) is 15.3 Å². The normalized spacial score (nSPS) is 14.2. The molecule has 1 aliphatic heterocycles. The molecule has 1 aliphatic rings. The van der Waals surface area contributed by atoms with Gasteiger partial charge in [-0.15, -0.1) is 11.3 Å². The molecule has 0 radical (unpaired) electrons. The van der Waals surface area contributed by atoms with Gasteiger partial charge < -0.3 is 15.4 Å². The molecule has 1 aromatic heterocycles. The first-order valence-corrected chi connectivity index (χ1v) is 7.74. The number of carbonyl (C=O) groups is 3. The smallest absolute Gasteiger partial charge is 0.417 e. The predicted octanol–water partition coefficient (Wildman–Crippen LogP) is 1.71. The maximum Gasteiger partial charge on any atom is 0.417 e. The van der Waals surface area contributed by atoms with E-state index in [0.717, 1.165) is 20.1 Å². The molecule has 1 saturated heterocycles. The van der Waals surface area contributed by atoms with Crippen LogP contribution in [0.15, 0.2) is 18.2 Å². The van der Waals surface area contributed by atoms with Gasteiger partial charge >= 0.3 is 12.1 Å². The summed E-state index contributed by atoms with van der Waals surface area (Å²) in [4.78, 5) is 39.7. The lowest BCUT2D eigenvalue weighted by atomic mass is 10.3. The van der Waals surface area contributed by atoms with Gasteiger partial charge in [-0.1, -0.05) is 0 Å². The van der Waals surface area contributed by atoms with Gasteiger partial charge in [0.05, 0.1) is 15.2 Å². The fraction of sp³-hybridized carbons (Fsp3) is 0.286. The number of thiazole rings is 1. The highest BCUT2D eigenvalue weighted by Crippen LogP contribution is 2.24. The molecule has 3 rings (SSSR count). The molecule has 1 fully saturated rings. The van der Waals surface area contributed by atoms with Gasteiger partial charge in [-0.25, -0.2) is 19.5 Å². The minimum Gasteiger partial charge on any atom is -0.439 e. The summed E-state index contributed by atoms with van der Waals surface area (Å²) >= 11 is 1.59. The molecule has 0 spiro atoms. The first-order chi connectivity index (χ1) is 11.0. The zero-order chi connectivity index (χ0) is 16.4. The first-order valence-electron chi connectivity index (χ1n) is 6.92. The van der Waals surface area contributed by atoms with Gasteiger partial charge in [0.25, 0.3) is 5.91 Å².